The van der Waals surface area contributed by atoms with Crippen LogP contribution in [-0.2, 0) is 3.07 Å². The second kappa shape index (κ2) is 8.46. The van der Waals surface area contributed by atoms with Gasteiger partial charge in [0.15, 0.2) is 0 Å². The van der Waals surface area contributed by atoms with Gasteiger partial charge in [0.25, 0.3) is 0 Å². The minimum absolute atomic E-state index is 0.0430. The van der Waals surface area contributed by atoms with Gasteiger partial charge >= 0.3 is 145 Å². The Morgan fingerprint density at radius 3 is 1.76 bits per heavy atom. The zero-order valence-electron chi connectivity index (χ0n) is 16.6. The van der Waals surface area contributed by atoms with Gasteiger partial charge in [-0.1, -0.05) is 0 Å². The van der Waals surface area contributed by atoms with Crippen LogP contribution in [0.1, 0.15) is 41.0 Å². The quantitative estimate of drug-likeness (QED) is 0.352. The Morgan fingerprint density at radius 1 is 1.00 bits per heavy atom. The van der Waals surface area contributed by atoms with Gasteiger partial charge in [0.2, 0.25) is 0 Å². The molecule has 0 aromatic heterocycles. The van der Waals surface area contributed by atoms with Gasteiger partial charge in [0.1, 0.15) is 0 Å². The van der Waals surface area contributed by atoms with Crippen molar-refractivity contribution in [3.05, 3.63) is 9.06 Å². The zero-order valence-corrected chi connectivity index (χ0v) is 22.3. The molecule has 0 aliphatic carbocycles. The Kier molecular flexibility index (Phi) is 9.01. The predicted octanol–water partition coefficient (Wildman–Crippen LogP) is 6.27. The molecule has 0 N–H and O–H groups in total. The van der Waals surface area contributed by atoms with Crippen molar-refractivity contribution in [2.24, 2.45) is 0 Å². The Balaban J connectivity index is 6.13. The first-order chi connectivity index (χ1) is 9.32. The van der Waals surface area contributed by atoms with E-state index in [0.29, 0.717) is 6.71 Å². The molecule has 0 radical (unpaired) electrons. The Morgan fingerprint density at radius 2 is 1.48 bits per heavy atom. The van der Waals surface area contributed by atoms with E-state index in [1.807, 2.05) is 0 Å². The maximum absolute atomic E-state index is 6.76. The molecule has 0 bridgehead atoms. The third-order valence-electron chi connectivity index (χ3n) is 4.63. The fourth-order valence-corrected chi connectivity index (χ4v) is 18.6. The summed E-state index contributed by atoms with van der Waals surface area (Å²) in [6.45, 7) is 14.9. The van der Waals surface area contributed by atoms with Crippen LogP contribution in [0.15, 0.2) is 9.06 Å². The van der Waals surface area contributed by atoms with Crippen LogP contribution in [0.5, 0.6) is 0 Å². The summed E-state index contributed by atoms with van der Waals surface area (Å²) in [5.74, 6) is 0. The summed E-state index contributed by atoms with van der Waals surface area (Å²) in [4.78, 5) is 12.4. The van der Waals surface area contributed by atoms with Crippen LogP contribution in [0.3, 0.4) is 0 Å². The molecule has 0 rings (SSSR count). The molecule has 1 nitrogen and oxygen atoms in total. The van der Waals surface area contributed by atoms with Crippen molar-refractivity contribution in [3.63, 3.8) is 0 Å². The van der Waals surface area contributed by atoms with E-state index in [9.17, 15) is 0 Å². The van der Waals surface area contributed by atoms with Crippen LogP contribution in [0.2, 0.25) is 42.3 Å². The number of rotatable bonds is 8. The fraction of sp³-hybridized carbons (Fsp3) is 0.882. The van der Waals surface area contributed by atoms with Crippen LogP contribution in [0, 0.1) is 0 Å². The first-order valence-electron chi connectivity index (χ1n) is 8.76. The SMILES string of the molecule is CCB(C)/C(CC)=[C](/C(C)(C)[O][Sn]([CH3])([CH3])[CH3])[Sn]([CH3])([CH3])[CH2]C. The van der Waals surface area contributed by atoms with E-state index >= 15 is 0 Å². The molecule has 0 aromatic carbocycles. The van der Waals surface area contributed by atoms with E-state index in [-0.39, 0.29) is 5.60 Å². The van der Waals surface area contributed by atoms with Crippen molar-refractivity contribution >= 4 is 43.9 Å². The van der Waals surface area contributed by atoms with Crippen molar-refractivity contribution in [3.8, 4) is 0 Å². The molecule has 0 spiro atoms. The molecule has 0 saturated heterocycles. The molecule has 124 valence electrons. The second-order valence-corrected chi connectivity index (χ2v) is 35.4. The van der Waals surface area contributed by atoms with Crippen LogP contribution in [-0.4, -0.2) is 49.5 Å². The molecule has 0 aliphatic heterocycles. The molecule has 0 amide bonds. The fourth-order valence-electron chi connectivity index (χ4n) is 3.65. The molecular formula is C17H39BOSn2. The molecule has 0 heterocycles. The summed E-state index contributed by atoms with van der Waals surface area (Å²) >= 11 is -4.54. The third kappa shape index (κ3) is 6.78. The van der Waals surface area contributed by atoms with Crippen molar-refractivity contribution in [2.45, 2.75) is 88.9 Å². The number of allylic oxidation sites excluding steroid dienone is 1. The van der Waals surface area contributed by atoms with Crippen molar-refractivity contribution in [2.75, 3.05) is 0 Å². The normalized spacial score (nSPS) is 15.0. The first kappa shape index (κ1) is 22.4. The van der Waals surface area contributed by atoms with E-state index in [0.717, 1.165) is 0 Å². The van der Waals surface area contributed by atoms with Gasteiger partial charge in [0.05, 0.1) is 0 Å². The standard InChI is InChI=1S/C10H19BO.C2H5.5CH3.2Sn/c1-6-9(11(5)7-2)8-10(3,4)12;1-2;;;;;;;/h6-7H2,1-5H3;1H2,2H3;5*1H3;;/q-1;;;;;;;;+1. The summed E-state index contributed by atoms with van der Waals surface area (Å²) in [5.41, 5.74) is 1.68. The van der Waals surface area contributed by atoms with Crippen molar-refractivity contribution in [1.82, 2.24) is 0 Å². The van der Waals surface area contributed by atoms with E-state index in [1.54, 1.807) is 9.06 Å². The minimum atomic E-state index is -2.29. The molecule has 0 fully saturated rings. The van der Waals surface area contributed by atoms with Crippen LogP contribution < -0.4 is 0 Å². The molecule has 0 aromatic rings. The molecule has 21 heavy (non-hydrogen) atoms. The molecule has 0 saturated carbocycles. The number of hydrogen-bond donors (Lipinski definition) is 0. The molecule has 0 aliphatic rings. The van der Waals surface area contributed by atoms with Crippen molar-refractivity contribution < 1.29 is 3.07 Å². The Labute approximate surface area is 144 Å². The summed E-state index contributed by atoms with van der Waals surface area (Å²) in [7, 11) is 0. The van der Waals surface area contributed by atoms with E-state index in [1.165, 1.54) is 17.2 Å². The predicted molar refractivity (Wildman–Crippen MR) is 106 cm³/mol. The van der Waals surface area contributed by atoms with Gasteiger partial charge in [-0.25, -0.2) is 0 Å². The summed E-state index contributed by atoms with van der Waals surface area (Å²) in [6.07, 6.45) is 2.43. The Hall–Kier alpha value is 1.36. The van der Waals surface area contributed by atoms with Crippen molar-refractivity contribution in [1.29, 1.82) is 0 Å². The van der Waals surface area contributed by atoms with Gasteiger partial charge < -0.3 is 0 Å². The molecule has 0 atom stereocenters. The van der Waals surface area contributed by atoms with E-state index in [4.69, 9.17) is 3.07 Å². The summed E-state index contributed by atoms with van der Waals surface area (Å²) in [6, 6.07) is 0. The van der Waals surface area contributed by atoms with Gasteiger partial charge in [-0.15, -0.1) is 0 Å². The van der Waals surface area contributed by atoms with Gasteiger partial charge in [-0.3, -0.25) is 0 Å². The average Bonchev–Trinajstić information content (AvgIpc) is 2.31. The first-order valence-corrected chi connectivity index (χ1v) is 27.6. The summed E-state index contributed by atoms with van der Waals surface area (Å²) in [5, 5.41) is 0. The van der Waals surface area contributed by atoms with Gasteiger partial charge in [-0.2, -0.15) is 0 Å². The van der Waals surface area contributed by atoms with Gasteiger partial charge in [-0.05, 0) is 0 Å². The van der Waals surface area contributed by atoms with E-state index in [2.05, 4.69) is 66.1 Å². The molecular weight excluding hydrogens is 468 g/mol. The van der Waals surface area contributed by atoms with Crippen LogP contribution in [0.4, 0.5) is 0 Å². The zero-order chi connectivity index (χ0) is 17.1. The van der Waals surface area contributed by atoms with Gasteiger partial charge in [0, 0.05) is 0 Å². The average molecular weight is 508 g/mol. The topological polar surface area (TPSA) is 9.23 Å². The summed E-state index contributed by atoms with van der Waals surface area (Å²) < 4.78 is 9.91. The van der Waals surface area contributed by atoms with Crippen LogP contribution >= 0.6 is 0 Å². The number of hydrogen-bond acceptors (Lipinski definition) is 1. The Bertz CT molecular complexity index is 367. The maximum atomic E-state index is 6.76. The monoisotopic (exact) mass is 510 g/mol. The third-order valence-corrected chi connectivity index (χ3v) is 19.4. The molecule has 4 heteroatoms. The second-order valence-electron chi connectivity index (χ2n) is 8.53. The van der Waals surface area contributed by atoms with Crippen LogP contribution in [0.25, 0.3) is 0 Å². The molecule has 0 unspecified atom stereocenters. The van der Waals surface area contributed by atoms with E-state index < -0.39 is 37.2 Å².